The minimum absolute atomic E-state index is 0.125. The van der Waals surface area contributed by atoms with Crippen LogP contribution in [-0.4, -0.2) is 38.1 Å². The largest absolute Gasteiger partial charge is 0.488 e. The Morgan fingerprint density at radius 3 is 0.912 bits per heavy atom. The number of ether oxygens (including phenoxy) is 2. The Hall–Kier alpha value is -4.32. The van der Waals surface area contributed by atoms with E-state index < -0.39 is 0 Å². The number of hydrogen-bond acceptors (Lipinski definition) is 4. The van der Waals surface area contributed by atoms with Crippen LogP contribution in [0.3, 0.4) is 0 Å². The summed E-state index contributed by atoms with van der Waals surface area (Å²) in [4.78, 5) is 27.2. The maximum Gasteiger partial charge on any atom is 0.255 e. The third-order valence-electron chi connectivity index (χ3n) is 13.7. The smallest absolute Gasteiger partial charge is 0.255 e. The predicted molar refractivity (Wildman–Crippen MR) is 292 cm³/mol. The molecule has 0 aliphatic rings. The Morgan fingerprint density at radius 1 is 0.382 bits per heavy atom. The minimum Gasteiger partial charge on any atom is -0.488 e. The van der Waals surface area contributed by atoms with E-state index >= 15 is 0 Å². The predicted octanol–water partition coefficient (Wildman–Crippen LogP) is 18.0. The summed E-state index contributed by atoms with van der Waals surface area (Å²) in [6.45, 7) is 10.5. The van der Waals surface area contributed by atoms with Crippen molar-refractivity contribution in [3.63, 3.8) is 0 Å². The van der Waals surface area contributed by atoms with Crippen LogP contribution < -0.4 is 20.1 Å². The molecule has 376 valence electrons. The highest BCUT2D eigenvalue weighted by Crippen LogP contribution is 2.29. The van der Waals surface area contributed by atoms with Crippen LogP contribution in [0, 0.1) is 0 Å². The summed E-state index contributed by atoms with van der Waals surface area (Å²) in [5.74, 6) is 0.795. The quantitative estimate of drug-likeness (QED) is 0.0343. The molecule has 6 heteroatoms. The molecule has 4 rings (SSSR count). The van der Waals surface area contributed by atoms with Crippen molar-refractivity contribution in [2.45, 2.75) is 219 Å². The van der Waals surface area contributed by atoms with Crippen LogP contribution in [0.15, 0.2) is 84.9 Å². The average molecular weight is 931 g/mol. The first-order valence-electron chi connectivity index (χ1n) is 28.0. The highest BCUT2D eigenvalue weighted by Gasteiger charge is 2.17. The van der Waals surface area contributed by atoms with Gasteiger partial charge in [-0.15, -0.1) is 0 Å². The second kappa shape index (κ2) is 36.6. The summed E-state index contributed by atoms with van der Waals surface area (Å²) < 4.78 is 12.6. The van der Waals surface area contributed by atoms with Gasteiger partial charge >= 0.3 is 0 Å². The molecule has 0 bridgehead atoms. The molecule has 0 radical (unpaired) electrons. The van der Waals surface area contributed by atoms with Crippen LogP contribution in [0.4, 0.5) is 0 Å². The molecule has 0 atom stereocenters. The Labute approximate surface area is 414 Å². The maximum atomic E-state index is 13.6. The fraction of sp³-hybridized carbons (Fsp3) is 0.613. The molecule has 0 saturated carbocycles. The van der Waals surface area contributed by atoms with Crippen LogP contribution >= 0.6 is 0 Å². The van der Waals surface area contributed by atoms with Gasteiger partial charge in [0.25, 0.3) is 11.8 Å². The number of unbranched alkanes of at least 4 members (excludes halogenated alkanes) is 30. The van der Waals surface area contributed by atoms with E-state index in [0.29, 0.717) is 41.3 Å². The molecule has 0 heterocycles. The lowest BCUT2D eigenvalue weighted by Gasteiger charge is -2.16. The van der Waals surface area contributed by atoms with E-state index in [1.54, 1.807) is 0 Å². The first-order valence-corrected chi connectivity index (χ1v) is 28.0. The molecule has 6 nitrogen and oxygen atoms in total. The molecule has 0 saturated heterocycles. The average Bonchev–Trinajstić information content (AvgIpc) is 3.36. The van der Waals surface area contributed by atoms with E-state index in [-0.39, 0.29) is 25.0 Å². The number of amides is 2. The number of fused-ring (bicyclic) bond motifs is 2. The van der Waals surface area contributed by atoms with E-state index in [1.807, 2.05) is 72.8 Å². The lowest BCUT2D eigenvalue weighted by atomic mass is 10.0. The Kier molecular flexibility index (Phi) is 30.3. The zero-order chi connectivity index (χ0) is 48.1. The Bertz CT molecular complexity index is 1830. The highest BCUT2D eigenvalue weighted by molar-refractivity contribution is 6.02. The minimum atomic E-state index is -0.125. The second-order valence-corrected chi connectivity index (χ2v) is 19.8. The Balaban J connectivity index is 1.14. The lowest BCUT2D eigenvalue weighted by Crippen LogP contribution is -2.25. The molecule has 2 N–H and O–H groups in total. The topological polar surface area (TPSA) is 76.7 Å². The summed E-state index contributed by atoms with van der Waals surface area (Å²) >= 11 is 0. The lowest BCUT2D eigenvalue weighted by molar-refractivity contribution is 0.0941. The normalized spacial score (nSPS) is 11.3. The van der Waals surface area contributed by atoms with Gasteiger partial charge in [0.15, 0.2) is 0 Å². The van der Waals surface area contributed by atoms with Gasteiger partial charge in [0.05, 0.1) is 11.1 Å². The molecular weight excluding hydrogens is 837 g/mol. The molecule has 0 fully saturated rings. The fourth-order valence-corrected chi connectivity index (χ4v) is 9.37. The van der Waals surface area contributed by atoms with Gasteiger partial charge in [-0.25, -0.2) is 0 Å². The van der Waals surface area contributed by atoms with Crippen molar-refractivity contribution in [1.29, 1.82) is 0 Å². The first kappa shape index (κ1) is 56.3. The number of benzene rings is 4. The standard InChI is InChI=1S/C62H94N2O4/c1-4-6-8-10-12-14-16-18-20-22-24-26-28-30-32-38-44-63-61(65)57-46-53-40-34-36-42-55(53)48-59(57)67-50-52(3)51-68-60-49-56-43-37-35-41-54(56)47-58(60)62(66)64-45-39-33-31-29-27-25-23-21-19-17-15-13-11-9-7-5-2/h34-37,40-43,46-49H,3-33,38-39,44-45,50-51H2,1-2H3,(H,63,65)(H,64,66). The molecule has 4 aromatic carbocycles. The van der Waals surface area contributed by atoms with E-state index in [4.69, 9.17) is 9.47 Å². The van der Waals surface area contributed by atoms with Crippen LogP contribution in [0.25, 0.3) is 21.5 Å². The number of rotatable bonds is 42. The van der Waals surface area contributed by atoms with Crippen molar-refractivity contribution >= 4 is 33.4 Å². The van der Waals surface area contributed by atoms with Crippen molar-refractivity contribution in [3.05, 3.63) is 96.1 Å². The third-order valence-corrected chi connectivity index (χ3v) is 13.7. The van der Waals surface area contributed by atoms with Crippen molar-refractivity contribution in [2.75, 3.05) is 26.3 Å². The van der Waals surface area contributed by atoms with Gasteiger partial charge in [-0.3, -0.25) is 9.59 Å². The van der Waals surface area contributed by atoms with Crippen LogP contribution in [0.1, 0.15) is 240 Å². The molecular formula is C62H94N2O4. The summed E-state index contributed by atoms with van der Waals surface area (Å²) in [6.07, 6.45) is 42.4. The van der Waals surface area contributed by atoms with Gasteiger partial charge in [-0.1, -0.05) is 262 Å². The third kappa shape index (κ3) is 23.8. The number of carbonyl (C=O) groups excluding carboxylic acids is 2. The second-order valence-electron chi connectivity index (χ2n) is 19.8. The summed E-state index contributed by atoms with van der Waals surface area (Å²) in [5.41, 5.74) is 1.74. The van der Waals surface area contributed by atoms with E-state index in [2.05, 4.69) is 31.1 Å². The van der Waals surface area contributed by atoms with E-state index in [9.17, 15) is 9.59 Å². The molecule has 0 aliphatic carbocycles. The number of nitrogens with one attached hydrogen (secondary N) is 2. The molecule has 0 spiro atoms. The number of carbonyl (C=O) groups is 2. The summed E-state index contributed by atoms with van der Waals surface area (Å²) in [7, 11) is 0. The van der Waals surface area contributed by atoms with Crippen LogP contribution in [-0.2, 0) is 0 Å². The Morgan fingerprint density at radius 2 is 0.632 bits per heavy atom. The van der Waals surface area contributed by atoms with Crippen LogP contribution in [0.2, 0.25) is 0 Å². The number of hydrogen-bond donors (Lipinski definition) is 2. The molecule has 2 amide bonds. The molecule has 0 aliphatic heterocycles. The molecule has 4 aromatic rings. The van der Waals surface area contributed by atoms with Gasteiger partial charge in [0.1, 0.15) is 24.7 Å². The van der Waals surface area contributed by atoms with E-state index in [0.717, 1.165) is 47.2 Å². The van der Waals surface area contributed by atoms with Gasteiger partial charge in [-0.05, 0) is 64.2 Å². The van der Waals surface area contributed by atoms with Gasteiger partial charge in [0.2, 0.25) is 0 Å². The zero-order valence-corrected chi connectivity index (χ0v) is 43.2. The SMILES string of the molecule is C=C(COc1cc2ccccc2cc1C(=O)NCCCCCCCCCCCCCCCCCC)COc1cc2ccccc2cc1C(=O)NCCCCCCCCCCCCCCCCCC. The van der Waals surface area contributed by atoms with Gasteiger partial charge in [0, 0.05) is 13.1 Å². The first-order chi connectivity index (χ1) is 33.5. The van der Waals surface area contributed by atoms with Crippen molar-refractivity contribution < 1.29 is 19.1 Å². The van der Waals surface area contributed by atoms with Crippen molar-refractivity contribution in [2.24, 2.45) is 0 Å². The summed E-state index contributed by atoms with van der Waals surface area (Å²) in [5, 5.41) is 10.3. The van der Waals surface area contributed by atoms with Crippen molar-refractivity contribution in [1.82, 2.24) is 10.6 Å². The zero-order valence-electron chi connectivity index (χ0n) is 43.2. The highest BCUT2D eigenvalue weighted by atomic mass is 16.5. The fourth-order valence-electron chi connectivity index (χ4n) is 9.37. The van der Waals surface area contributed by atoms with E-state index in [1.165, 1.54) is 180 Å². The monoisotopic (exact) mass is 931 g/mol. The van der Waals surface area contributed by atoms with Crippen LogP contribution in [0.5, 0.6) is 11.5 Å². The van der Waals surface area contributed by atoms with Gasteiger partial charge < -0.3 is 20.1 Å². The molecule has 68 heavy (non-hydrogen) atoms. The maximum absolute atomic E-state index is 13.6. The van der Waals surface area contributed by atoms with Gasteiger partial charge in [-0.2, -0.15) is 0 Å². The molecule has 0 aromatic heterocycles. The summed E-state index contributed by atoms with van der Waals surface area (Å²) in [6, 6.07) is 23.8. The molecule has 0 unspecified atom stereocenters. The van der Waals surface area contributed by atoms with Crippen molar-refractivity contribution in [3.8, 4) is 11.5 Å².